The van der Waals surface area contributed by atoms with E-state index in [1.807, 2.05) is 0 Å². The molecule has 1 saturated heterocycles. The number of alkyl halides is 3. The smallest absolute Gasteiger partial charge is 0.390 e. The van der Waals surface area contributed by atoms with Gasteiger partial charge in [0, 0.05) is 26.2 Å². The van der Waals surface area contributed by atoms with E-state index in [1.165, 1.54) is 0 Å². The molecule has 1 aliphatic rings. The van der Waals surface area contributed by atoms with Crippen LogP contribution in [0.5, 0.6) is 0 Å². The third kappa shape index (κ3) is 4.58. The van der Waals surface area contributed by atoms with Gasteiger partial charge in [-0.05, 0) is 0 Å². The first-order valence-electron chi connectivity index (χ1n) is 6.20. The van der Waals surface area contributed by atoms with Crippen LogP contribution in [0, 0.1) is 0 Å². The molecular weight excluding hydrogens is 295 g/mol. The molecule has 0 radical (unpaired) electrons. The molecule has 1 unspecified atom stereocenters. The molecule has 2 rings (SSSR count). The largest absolute Gasteiger partial charge is 0.427 e. The van der Waals surface area contributed by atoms with E-state index in [-0.39, 0.29) is 11.7 Å². The van der Waals surface area contributed by atoms with Gasteiger partial charge in [-0.1, -0.05) is 11.3 Å². The van der Waals surface area contributed by atoms with Gasteiger partial charge in [-0.25, -0.2) is 4.98 Å². The van der Waals surface area contributed by atoms with Crippen LogP contribution in [0.15, 0.2) is 6.20 Å². The second-order valence-corrected chi connectivity index (χ2v) is 5.51. The second kappa shape index (κ2) is 6.70. The number of ether oxygens (including phenoxy) is 1. The lowest BCUT2D eigenvalue weighted by molar-refractivity contribution is -0.134. The van der Waals surface area contributed by atoms with Crippen molar-refractivity contribution < 1.29 is 23.0 Å². The first-order chi connectivity index (χ1) is 9.45. The second-order valence-electron chi connectivity index (χ2n) is 4.48. The number of aromatic nitrogens is 1. The Morgan fingerprint density at radius 3 is 2.75 bits per heavy atom. The van der Waals surface area contributed by atoms with Gasteiger partial charge in [0.25, 0.3) is 0 Å². The highest BCUT2D eigenvalue weighted by Crippen LogP contribution is 2.34. The highest BCUT2D eigenvalue weighted by molar-refractivity contribution is 7.15. The molecule has 114 valence electrons. The molecule has 5 nitrogen and oxygen atoms in total. The molecule has 20 heavy (non-hydrogen) atoms. The van der Waals surface area contributed by atoms with Gasteiger partial charge in [0.15, 0.2) is 5.13 Å². The first-order valence-corrected chi connectivity index (χ1v) is 7.02. The van der Waals surface area contributed by atoms with Crippen LogP contribution in [-0.2, 0) is 10.9 Å². The average Bonchev–Trinajstić information content (AvgIpc) is 2.86. The van der Waals surface area contributed by atoms with Gasteiger partial charge in [-0.15, -0.1) is 0 Å². The summed E-state index contributed by atoms with van der Waals surface area (Å²) in [7, 11) is 0. The van der Waals surface area contributed by atoms with Crippen molar-refractivity contribution in [2.45, 2.75) is 12.3 Å². The third-order valence-corrected chi connectivity index (χ3v) is 3.85. The first kappa shape index (κ1) is 15.5. The zero-order valence-corrected chi connectivity index (χ0v) is 11.5. The number of aliphatic hydroxyl groups is 1. The Bertz CT molecular complexity index is 421. The van der Waals surface area contributed by atoms with Crippen LogP contribution >= 0.6 is 11.3 Å². The molecule has 9 heteroatoms. The molecule has 2 heterocycles. The number of anilines is 1. The summed E-state index contributed by atoms with van der Waals surface area (Å²) in [5, 5.41) is 12.7. The molecule has 1 aromatic heterocycles. The van der Waals surface area contributed by atoms with Gasteiger partial charge in [-0.2, -0.15) is 13.2 Å². The number of halogens is 3. The van der Waals surface area contributed by atoms with Crippen molar-refractivity contribution in [3.63, 3.8) is 0 Å². The van der Waals surface area contributed by atoms with Gasteiger partial charge < -0.3 is 15.2 Å². The summed E-state index contributed by atoms with van der Waals surface area (Å²) in [4.78, 5) is 4.95. The van der Waals surface area contributed by atoms with Crippen LogP contribution < -0.4 is 5.32 Å². The lowest BCUT2D eigenvalue weighted by Gasteiger charge is -2.28. The summed E-state index contributed by atoms with van der Waals surface area (Å²) in [6.07, 6.45) is -4.24. The Kier molecular flexibility index (Phi) is 5.19. The number of thiazole rings is 1. The lowest BCUT2D eigenvalue weighted by atomic mass is 10.3. The van der Waals surface area contributed by atoms with E-state index in [0.29, 0.717) is 31.1 Å². The molecule has 0 aromatic carbocycles. The Morgan fingerprint density at radius 1 is 1.45 bits per heavy atom. The fraction of sp³-hybridized carbons (Fsp3) is 0.727. The minimum Gasteiger partial charge on any atom is -0.390 e. The SMILES string of the molecule is OC(CNc1ncc(C(F)(F)F)s1)CN1CCOCC1. The summed E-state index contributed by atoms with van der Waals surface area (Å²) in [5.74, 6) is 0. The number of nitrogens with zero attached hydrogens (tertiary/aromatic N) is 2. The number of hydrogen-bond acceptors (Lipinski definition) is 6. The highest BCUT2D eigenvalue weighted by atomic mass is 32.1. The van der Waals surface area contributed by atoms with Crippen LogP contribution in [0.1, 0.15) is 4.88 Å². The van der Waals surface area contributed by atoms with E-state index >= 15 is 0 Å². The quantitative estimate of drug-likeness (QED) is 0.857. The van der Waals surface area contributed by atoms with Crippen molar-refractivity contribution >= 4 is 16.5 Å². The highest BCUT2D eigenvalue weighted by Gasteiger charge is 2.33. The van der Waals surface area contributed by atoms with Gasteiger partial charge in [0.1, 0.15) is 4.88 Å². The molecule has 1 atom stereocenters. The zero-order chi connectivity index (χ0) is 14.6. The molecule has 0 amide bonds. The predicted molar refractivity (Wildman–Crippen MR) is 68.9 cm³/mol. The van der Waals surface area contributed by atoms with Crippen molar-refractivity contribution in [2.75, 3.05) is 44.7 Å². The molecular formula is C11H16F3N3O2S. The van der Waals surface area contributed by atoms with Crippen LogP contribution in [0.25, 0.3) is 0 Å². The number of aliphatic hydroxyl groups excluding tert-OH is 1. The number of morpholine rings is 1. The van der Waals surface area contributed by atoms with E-state index in [0.717, 1.165) is 19.3 Å². The maximum Gasteiger partial charge on any atom is 0.427 e. The standard InChI is InChI=1S/C11H16F3N3O2S/c12-11(13,14)9-6-16-10(20-9)15-5-8(18)7-17-1-3-19-4-2-17/h6,8,18H,1-5,7H2,(H,15,16). The molecule has 0 spiro atoms. The molecule has 0 aliphatic carbocycles. The Balaban J connectivity index is 1.75. The number of rotatable bonds is 5. The minimum atomic E-state index is -4.37. The predicted octanol–water partition coefficient (Wildman–Crippen LogP) is 1.27. The van der Waals surface area contributed by atoms with E-state index in [1.54, 1.807) is 0 Å². The molecule has 2 N–H and O–H groups in total. The number of hydrogen-bond donors (Lipinski definition) is 2. The fourth-order valence-corrected chi connectivity index (χ4v) is 2.53. The topological polar surface area (TPSA) is 57.6 Å². The van der Waals surface area contributed by atoms with Gasteiger partial charge >= 0.3 is 6.18 Å². The monoisotopic (exact) mass is 311 g/mol. The van der Waals surface area contributed by atoms with E-state index < -0.39 is 17.2 Å². The van der Waals surface area contributed by atoms with Gasteiger partial charge in [0.05, 0.1) is 25.5 Å². The van der Waals surface area contributed by atoms with Crippen molar-refractivity contribution in [2.24, 2.45) is 0 Å². The summed E-state index contributed by atoms with van der Waals surface area (Å²) in [6, 6.07) is 0. The number of nitrogens with one attached hydrogen (secondary N) is 1. The summed E-state index contributed by atoms with van der Waals surface area (Å²) < 4.78 is 42.3. The maximum absolute atomic E-state index is 12.4. The van der Waals surface area contributed by atoms with Crippen molar-refractivity contribution in [3.05, 3.63) is 11.1 Å². The maximum atomic E-state index is 12.4. The normalized spacial score (nSPS) is 19.0. The van der Waals surface area contributed by atoms with E-state index in [2.05, 4.69) is 15.2 Å². The molecule has 0 bridgehead atoms. The Labute approximate surface area is 118 Å². The fourth-order valence-electron chi connectivity index (χ4n) is 1.84. The zero-order valence-electron chi connectivity index (χ0n) is 10.7. The Morgan fingerprint density at radius 2 is 2.15 bits per heavy atom. The van der Waals surface area contributed by atoms with Crippen LogP contribution in [-0.4, -0.2) is 60.5 Å². The summed E-state index contributed by atoms with van der Waals surface area (Å²) >= 11 is 0.536. The Hall–Kier alpha value is -0.900. The van der Waals surface area contributed by atoms with Crippen molar-refractivity contribution in [3.8, 4) is 0 Å². The van der Waals surface area contributed by atoms with E-state index in [4.69, 9.17) is 4.74 Å². The summed E-state index contributed by atoms with van der Waals surface area (Å²) in [6.45, 7) is 3.43. The van der Waals surface area contributed by atoms with Crippen molar-refractivity contribution in [1.82, 2.24) is 9.88 Å². The minimum absolute atomic E-state index is 0.165. The van der Waals surface area contributed by atoms with Gasteiger partial charge in [0.2, 0.25) is 0 Å². The molecule has 1 fully saturated rings. The van der Waals surface area contributed by atoms with E-state index in [9.17, 15) is 18.3 Å². The molecule has 0 saturated carbocycles. The van der Waals surface area contributed by atoms with Crippen molar-refractivity contribution in [1.29, 1.82) is 0 Å². The molecule has 1 aromatic rings. The third-order valence-electron chi connectivity index (χ3n) is 2.85. The van der Waals surface area contributed by atoms with Gasteiger partial charge in [-0.3, -0.25) is 4.90 Å². The summed E-state index contributed by atoms with van der Waals surface area (Å²) in [5.41, 5.74) is 0. The number of β-amino-alcohol motifs (C(OH)–C–C–N with tert-alkyl or cyclic N) is 1. The van der Waals surface area contributed by atoms with Crippen LogP contribution in [0.4, 0.5) is 18.3 Å². The van der Waals surface area contributed by atoms with Crippen LogP contribution in [0.2, 0.25) is 0 Å². The van der Waals surface area contributed by atoms with Crippen LogP contribution in [0.3, 0.4) is 0 Å². The average molecular weight is 311 g/mol. The molecule has 1 aliphatic heterocycles. The lowest BCUT2D eigenvalue weighted by Crippen LogP contribution is -2.42.